The molecule has 1 aromatic carbocycles. The van der Waals surface area contributed by atoms with Gasteiger partial charge in [0.15, 0.2) is 0 Å². The fourth-order valence-corrected chi connectivity index (χ4v) is 2.52. The molecule has 1 aliphatic rings. The van der Waals surface area contributed by atoms with Crippen molar-refractivity contribution in [3.8, 4) is 0 Å². The molecule has 0 saturated carbocycles. The summed E-state index contributed by atoms with van der Waals surface area (Å²) < 4.78 is 18.9. The average molecular weight is 302 g/mol. The first-order valence-corrected chi connectivity index (χ1v) is 6.92. The maximum Gasteiger partial charge on any atom is 0.329 e. The predicted octanol–water partition coefficient (Wildman–Crippen LogP) is 2.54. The number of benzene rings is 1. The summed E-state index contributed by atoms with van der Waals surface area (Å²) in [6.07, 6.45) is 1.50. The SMILES string of the molecule is O=C(O)COC1CCN(Cc2cc(Cl)ccc2F)CC1. The van der Waals surface area contributed by atoms with E-state index in [1.165, 1.54) is 12.1 Å². The van der Waals surface area contributed by atoms with Crippen molar-refractivity contribution in [2.45, 2.75) is 25.5 Å². The molecule has 1 aromatic rings. The number of rotatable bonds is 5. The highest BCUT2D eigenvalue weighted by atomic mass is 35.5. The molecule has 4 nitrogen and oxygen atoms in total. The summed E-state index contributed by atoms with van der Waals surface area (Å²) >= 11 is 5.87. The van der Waals surface area contributed by atoms with Crippen LogP contribution in [-0.2, 0) is 16.1 Å². The monoisotopic (exact) mass is 301 g/mol. The topological polar surface area (TPSA) is 49.8 Å². The van der Waals surface area contributed by atoms with Gasteiger partial charge in [-0.05, 0) is 31.0 Å². The molecule has 1 heterocycles. The number of ether oxygens (including phenoxy) is 1. The van der Waals surface area contributed by atoms with Gasteiger partial charge in [0.05, 0.1) is 6.10 Å². The molecule has 1 saturated heterocycles. The fourth-order valence-electron chi connectivity index (χ4n) is 2.33. The van der Waals surface area contributed by atoms with Crippen LogP contribution in [0, 0.1) is 5.82 Å². The standard InChI is InChI=1S/C14H17ClFNO3/c15-11-1-2-13(16)10(7-11)8-17-5-3-12(4-6-17)20-9-14(18)19/h1-2,7,12H,3-6,8-9H2,(H,18,19). The molecule has 0 unspecified atom stereocenters. The lowest BCUT2D eigenvalue weighted by molar-refractivity contribution is -0.145. The van der Waals surface area contributed by atoms with Crippen LogP contribution in [0.3, 0.4) is 0 Å². The van der Waals surface area contributed by atoms with Gasteiger partial charge >= 0.3 is 5.97 Å². The molecule has 1 N–H and O–H groups in total. The third-order valence-electron chi connectivity index (χ3n) is 3.38. The summed E-state index contributed by atoms with van der Waals surface area (Å²) in [6, 6.07) is 4.55. The van der Waals surface area contributed by atoms with Crippen LogP contribution >= 0.6 is 11.6 Å². The van der Waals surface area contributed by atoms with Crippen molar-refractivity contribution >= 4 is 17.6 Å². The Kier molecular flexibility index (Phi) is 5.34. The lowest BCUT2D eigenvalue weighted by Crippen LogP contribution is -2.37. The molecule has 2 rings (SSSR count). The normalized spacial score (nSPS) is 17.3. The lowest BCUT2D eigenvalue weighted by Gasteiger charge is -2.31. The highest BCUT2D eigenvalue weighted by Crippen LogP contribution is 2.20. The molecule has 6 heteroatoms. The molecule has 1 fully saturated rings. The minimum Gasteiger partial charge on any atom is -0.480 e. The molecule has 0 spiro atoms. The highest BCUT2D eigenvalue weighted by molar-refractivity contribution is 6.30. The number of likely N-dealkylation sites (tertiary alicyclic amines) is 1. The van der Waals surface area contributed by atoms with E-state index in [2.05, 4.69) is 4.90 Å². The summed E-state index contributed by atoms with van der Waals surface area (Å²) in [4.78, 5) is 12.5. The third kappa shape index (κ3) is 4.44. The Bertz CT molecular complexity index is 475. The van der Waals surface area contributed by atoms with Crippen LogP contribution in [-0.4, -0.2) is 41.8 Å². The molecule has 0 radical (unpaired) electrons. The van der Waals surface area contributed by atoms with Gasteiger partial charge in [0.2, 0.25) is 0 Å². The quantitative estimate of drug-likeness (QED) is 0.908. The van der Waals surface area contributed by atoms with E-state index in [0.29, 0.717) is 17.1 Å². The molecule has 0 bridgehead atoms. The van der Waals surface area contributed by atoms with Crippen molar-refractivity contribution < 1.29 is 19.0 Å². The van der Waals surface area contributed by atoms with Gasteiger partial charge in [0.1, 0.15) is 12.4 Å². The van der Waals surface area contributed by atoms with Gasteiger partial charge in [0, 0.05) is 30.2 Å². The van der Waals surface area contributed by atoms with E-state index in [1.54, 1.807) is 6.07 Å². The smallest absolute Gasteiger partial charge is 0.329 e. The zero-order valence-corrected chi connectivity index (χ0v) is 11.8. The zero-order chi connectivity index (χ0) is 14.5. The summed E-state index contributed by atoms with van der Waals surface area (Å²) in [7, 11) is 0. The van der Waals surface area contributed by atoms with E-state index in [4.69, 9.17) is 21.4 Å². The third-order valence-corrected chi connectivity index (χ3v) is 3.61. The molecule has 110 valence electrons. The van der Waals surface area contributed by atoms with Gasteiger partial charge in [-0.3, -0.25) is 4.90 Å². The second kappa shape index (κ2) is 7.02. The van der Waals surface area contributed by atoms with Gasteiger partial charge < -0.3 is 9.84 Å². The van der Waals surface area contributed by atoms with Crippen molar-refractivity contribution in [1.82, 2.24) is 4.90 Å². The first-order valence-electron chi connectivity index (χ1n) is 6.54. The first kappa shape index (κ1) is 15.2. The van der Waals surface area contributed by atoms with Gasteiger partial charge in [-0.15, -0.1) is 0 Å². The van der Waals surface area contributed by atoms with Crippen LogP contribution in [0.15, 0.2) is 18.2 Å². The molecular formula is C14H17ClFNO3. The number of carbonyl (C=O) groups is 1. The van der Waals surface area contributed by atoms with Crippen LogP contribution in [0.4, 0.5) is 4.39 Å². The van der Waals surface area contributed by atoms with Gasteiger partial charge in [-0.1, -0.05) is 11.6 Å². The van der Waals surface area contributed by atoms with Crippen LogP contribution in [0.5, 0.6) is 0 Å². The molecule has 0 atom stereocenters. The molecule has 0 aliphatic carbocycles. The van der Waals surface area contributed by atoms with E-state index in [1.807, 2.05) is 0 Å². The Morgan fingerprint density at radius 2 is 2.15 bits per heavy atom. The van der Waals surface area contributed by atoms with E-state index in [-0.39, 0.29) is 18.5 Å². The number of nitrogens with zero attached hydrogens (tertiary/aromatic N) is 1. The zero-order valence-electron chi connectivity index (χ0n) is 11.0. The Hall–Kier alpha value is -1.17. The highest BCUT2D eigenvalue weighted by Gasteiger charge is 2.21. The molecule has 20 heavy (non-hydrogen) atoms. The number of carboxylic acids is 1. The van der Waals surface area contributed by atoms with E-state index in [0.717, 1.165) is 25.9 Å². The maximum absolute atomic E-state index is 13.6. The number of aliphatic carboxylic acids is 1. The summed E-state index contributed by atoms with van der Waals surface area (Å²) in [5.74, 6) is -1.20. The number of piperidine rings is 1. The number of halogens is 2. The van der Waals surface area contributed by atoms with Crippen molar-refractivity contribution in [2.24, 2.45) is 0 Å². The van der Waals surface area contributed by atoms with Crippen LogP contribution < -0.4 is 0 Å². The van der Waals surface area contributed by atoms with Crippen molar-refractivity contribution in [1.29, 1.82) is 0 Å². The Morgan fingerprint density at radius 1 is 1.45 bits per heavy atom. The lowest BCUT2D eigenvalue weighted by atomic mass is 10.1. The summed E-state index contributed by atoms with van der Waals surface area (Å²) in [5.41, 5.74) is 0.586. The predicted molar refractivity (Wildman–Crippen MR) is 73.3 cm³/mol. The number of hydrogen-bond acceptors (Lipinski definition) is 3. The van der Waals surface area contributed by atoms with E-state index >= 15 is 0 Å². The maximum atomic E-state index is 13.6. The van der Waals surface area contributed by atoms with Gasteiger partial charge in [-0.25, -0.2) is 9.18 Å². The first-order chi connectivity index (χ1) is 9.54. The van der Waals surface area contributed by atoms with Crippen molar-refractivity contribution in [3.63, 3.8) is 0 Å². The second-order valence-electron chi connectivity index (χ2n) is 4.92. The second-order valence-corrected chi connectivity index (χ2v) is 5.35. The van der Waals surface area contributed by atoms with Crippen molar-refractivity contribution in [2.75, 3.05) is 19.7 Å². The van der Waals surface area contributed by atoms with E-state index in [9.17, 15) is 9.18 Å². The van der Waals surface area contributed by atoms with Crippen LogP contribution in [0.2, 0.25) is 5.02 Å². The molecule has 1 aliphatic heterocycles. The Labute approximate surface area is 122 Å². The molecular weight excluding hydrogens is 285 g/mol. The Morgan fingerprint density at radius 3 is 2.80 bits per heavy atom. The molecule has 0 amide bonds. The van der Waals surface area contributed by atoms with Crippen LogP contribution in [0.1, 0.15) is 18.4 Å². The van der Waals surface area contributed by atoms with Crippen LogP contribution in [0.25, 0.3) is 0 Å². The Balaban J connectivity index is 1.82. The fraction of sp³-hybridized carbons (Fsp3) is 0.500. The van der Waals surface area contributed by atoms with Gasteiger partial charge in [-0.2, -0.15) is 0 Å². The van der Waals surface area contributed by atoms with E-state index < -0.39 is 5.97 Å². The average Bonchev–Trinajstić information content (AvgIpc) is 2.42. The minimum absolute atomic E-state index is 0.0217. The molecule has 0 aromatic heterocycles. The number of carboxylic acid groups (broad SMARTS) is 1. The summed E-state index contributed by atoms with van der Waals surface area (Å²) in [5, 5.41) is 9.09. The largest absolute Gasteiger partial charge is 0.480 e. The minimum atomic E-state index is -0.951. The van der Waals surface area contributed by atoms with Gasteiger partial charge in [0.25, 0.3) is 0 Å². The summed E-state index contributed by atoms with van der Waals surface area (Å²) in [6.45, 7) is 1.78. The number of hydrogen-bond donors (Lipinski definition) is 1. The van der Waals surface area contributed by atoms with Crippen molar-refractivity contribution in [3.05, 3.63) is 34.6 Å².